The molecule has 2 aliphatic carbocycles. The van der Waals surface area contributed by atoms with Crippen LogP contribution in [0.5, 0.6) is 0 Å². The fourth-order valence-electron chi connectivity index (χ4n) is 4.20. The number of fused-ring (bicyclic) bond motifs is 1. The van der Waals surface area contributed by atoms with Crippen molar-refractivity contribution in [3.05, 3.63) is 29.6 Å². The highest BCUT2D eigenvalue weighted by molar-refractivity contribution is 5.29. The minimum Gasteiger partial charge on any atom is -0.389 e. The molecule has 2 aliphatic rings. The van der Waals surface area contributed by atoms with Crippen molar-refractivity contribution in [3.63, 3.8) is 0 Å². The Labute approximate surface area is 109 Å². The molecular formula is C16H23NO. The van der Waals surface area contributed by atoms with Crippen molar-refractivity contribution in [2.24, 2.45) is 5.92 Å². The van der Waals surface area contributed by atoms with E-state index in [1.54, 1.807) is 0 Å². The van der Waals surface area contributed by atoms with Crippen LogP contribution in [0.4, 0.5) is 0 Å². The number of aryl methyl sites for hydroxylation is 1. The molecule has 3 unspecified atom stereocenters. The first-order valence-electron chi connectivity index (χ1n) is 7.42. The molecule has 18 heavy (non-hydrogen) atoms. The standard InChI is InChI=1S/C16H23NO/c1-2-13-8-4-10-16(13,18)14-9-3-6-12-7-5-11-17-15(12)14/h5,7,11,13-14,18H,2-4,6,8-10H2,1H3. The molecule has 1 heterocycles. The SMILES string of the molecule is CCC1CCCC1(O)C1CCCc2cccnc21. The van der Waals surface area contributed by atoms with Crippen molar-refractivity contribution in [1.29, 1.82) is 0 Å². The molecule has 0 radical (unpaired) electrons. The number of aliphatic hydroxyl groups is 1. The fourth-order valence-corrected chi connectivity index (χ4v) is 4.20. The fraction of sp³-hybridized carbons (Fsp3) is 0.688. The van der Waals surface area contributed by atoms with E-state index in [9.17, 15) is 5.11 Å². The van der Waals surface area contributed by atoms with Gasteiger partial charge in [0.1, 0.15) is 0 Å². The number of nitrogens with zero attached hydrogens (tertiary/aromatic N) is 1. The third kappa shape index (κ3) is 1.78. The van der Waals surface area contributed by atoms with Crippen molar-refractivity contribution < 1.29 is 5.11 Å². The quantitative estimate of drug-likeness (QED) is 0.865. The second-order valence-electron chi connectivity index (χ2n) is 5.98. The Morgan fingerprint density at radius 2 is 2.28 bits per heavy atom. The Bertz CT molecular complexity index is 431. The average molecular weight is 245 g/mol. The van der Waals surface area contributed by atoms with Crippen LogP contribution in [-0.4, -0.2) is 15.7 Å². The molecule has 0 saturated heterocycles. The van der Waals surface area contributed by atoms with Crippen molar-refractivity contribution in [2.45, 2.75) is 63.4 Å². The largest absolute Gasteiger partial charge is 0.389 e. The zero-order valence-corrected chi connectivity index (χ0v) is 11.2. The molecule has 1 fully saturated rings. The normalized spacial score (nSPS) is 35.4. The number of pyridine rings is 1. The zero-order chi connectivity index (χ0) is 12.6. The average Bonchev–Trinajstić information content (AvgIpc) is 2.80. The molecular weight excluding hydrogens is 222 g/mol. The van der Waals surface area contributed by atoms with Crippen molar-refractivity contribution in [2.75, 3.05) is 0 Å². The van der Waals surface area contributed by atoms with Crippen LogP contribution in [0.2, 0.25) is 0 Å². The molecule has 3 atom stereocenters. The van der Waals surface area contributed by atoms with Crippen LogP contribution in [-0.2, 0) is 6.42 Å². The van der Waals surface area contributed by atoms with Gasteiger partial charge < -0.3 is 5.11 Å². The van der Waals surface area contributed by atoms with Crippen LogP contribution in [0, 0.1) is 5.92 Å². The summed E-state index contributed by atoms with van der Waals surface area (Å²) in [5.41, 5.74) is 2.06. The molecule has 0 spiro atoms. The lowest BCUT2D eigenvalue weighted by molar-refractivity contribution is -0.0310. The first-order valence-corrected chi connectivity index (χ1v) is 7.42. The smallest absolute Gasteiger partial charge is 0.0759 e. The van der Waals surface area contributed by atoms with Crippen LogP contribution in [0.3, 0.4) is 0 Å². The lowest BCUT2D eigenvalue weighted by Crippen LogP contribution is -2.41. The highest BCUT2D eigenvalue weighted by Gasteiger charge is 2.48. The first kappa shape index (κ1) is 12.2. The van der Waals surface area contributed by atoms with Crippen molar-refractivity contribution >= 4 is 0 Å². The van der Waals surface area contributed by atoms with Gasteiger partial charge in [-0.05, 0) is 49.7 Å². The van der Waals surface area contributed by atoms with E-state index in [2.05, 4.69) is 18.0 Å². The Kier molecular flexibility index (Phi) is 3.14. The molecule has 1 aromatic heterocycles. The molecule has 2 nitrogen and oxygen atoms in total. The van der Waals surface area contributed by atoms with Crippen LogP contribution in [0.1, 0.15) is 62.6 Å². The molecule has 3 rings (SSSR count). The molecule has 0 amide bonds. The molecule has 0 aromatic carbocycles. The summed E-state index contributed by atoms with van der Waals surface area (Å²) < 4.78 is 0. The predicted molar refractivity (Wildman–Crippen MR) is 72.5 cm³/mol. The second-order valence-corrected chi connectivity index (χ2v) is 5.98. The van der Waals surface area contributed by atoms with E-state index < -0.39 is 5.60 Å². The summed E-state index contributed by atoms with van der Waals surface area (Å²) in [6, 6.07) is 4.21. The van der Waals surface area contributed by atoms with Crippen LogP contribution < -0.4 is 0 Å². The Morgan fingerprint density at radius 3 is 3.11 bits per heavy atom. The molecule has 98 valence electrons. The summed E-state index contributed by atoms with van der Waals surface area (Å²) in [4.78, 5) is 4.60. The Morgan fingerprint density at radius 1 is 1.39 bits per heavy atom. The van der Waals surface area contributed by atoms with E-state index >= 15 is 0 Å². The second kappa shape index (κ2) is 4.65. The van der Waals surface area contributed by atoms with Gasteiger partial charge in [0, 0.05) is 17.8 Å². The number of hydrogen-bond donors (Lipinski definition) is 1. The third-order valence-corrected chi connectivity index (χ3v) is 5.13. The third-order valence-electron chi connectivity index (χ3n) is 5.13. The summed E-state index contributed by atoms with van der Waals surface area (Å²) in [7, 11) is 0. The molecule has 1 saturated carbocycles. The van der Waals surface area contributed by atoms with Gasteiger partial charge in [0.25, 0.3) is 0 Å². The van der Waals surface area contributed by atoms with Gasteiger partial charge in [-0.2, -0.15) is 0 Å². The van der Waals surface area contributed by atoms with E-state index in [1.165, 1.54) is 30.5 Å². The Balaban J connectivity index is 1.98. The van der Waals surface area contributed by atoms with Gasteiger partial charge in [0.05, 0.1) is 5.60 Å². The monoisotopic (exact) mass is 245 g/mol. The van der Waals surface area contributed by atoms with Gasteiger partial charge in [-0.25, -0.2) is 0 Å². The van der Waals surface area contributed by atoms with Gasteiger partial charge in [-0.1, -0.05) is 25.8 Å². The lowest BCUT2D eigenvalue weighted by Gasteiger charge is -2.40. The zero-order valence-electron chi connectivity index (χ0n) is 11.2. The molecule has 2 heteroatoms. The Hall–Kier alpha value is -0.890. The van der Waals surface area contributed by atoms with Crippen LogP contribution in [0.25, 0.3) is 0 Å². The lowest BCUT2D eigenvalue weighted by atomic mass is 9.70. The highest BCUT2D eigenvalue weighted by atomic mass is 16.3. The maximum atomic E-state index is 11.2. The molecule has 1 N–H and O–H groups in total. The van der Waals surface area contributed by atoms with Gasteiger partial charge in [-0.15, -0.1) is 0 Å². The van der Waals surface area contributed by atoms with E-state index in [1.807, 2.05) is 12.3 Å². The molecule has 0 aliphatic heterocycles. The highest BCUT2D eigenvalue weighted by Crippen LogP contribution is 2.50. The first-order chi connectivity index (χ1) is 8.75. The maximum absolute atomic E-state index is 11.2. The molecule has 0 bridgehead atoms. The summed E-state index contributed by atoms with van der Waals surface area (Å²) in [5, 5.41) is 11.2. The van der Waals surface area contributed by atoms with Gasteiger partial charge in [-0.3, -0.25) is 4.98 Å². The predicted octanol–water partition coefficient (Wildman–Crippen LogP) is 3.44. The minimum atomic E-state index is -0.488. The van der Waals surface area contributed by atoms with Crippen molar-refractivity contribution in [1.82, 2.24) is 4.98 Å². The van der Waals surface area contributed by atoms with Gasteiger partial charge >= 0.3 is 0 Å². The maximum Gasteiger partial charge on any atom is 0.0759 e. The number of rotatable bonds is 2. The summed E-state index contributed by atoms with van der Waals surface area (Å²) >= 11 is 0. The summed E-state index contributed by atoms with van der Waals surface area (Å²) in [6.45, 7) is 2.21. The number of aromatic nitrogens is 1. The molecule has 1 aromatic rings. The van der Waals surface area contributed by atoms with E-state index in [0.29, 0.717) is 5.92 Å². The number of hydrogen-bond acceptors (Lipinski definition) is 2. The van der Waals surface area contributed by atoms with Gasteiger partial charge in [0.15, 0.2) is 0 Å². The minimum absolute atomic E-state index is 0.273. The van der Waals surface area contributed by atoms with E-state index in [0.717, 1.165) is 25.7 Å². The van der Waals surface area contributed by atoms with Crippen LogP contribution >= 0.6 is 0 Å². The summed E-state index contributed by atoms with van der Waals surface area (Å²) in [6.07, 6.45) is 9.74. The van der Waals surface area contributed by atoms with E-state index in [-0.39, 0.29) is 5.92 Å². The summed E-state index contributed by atoms with van der Waals surface area (Å²) in [5.74, 6) is 0.741. The van der Waals surface area contributed by atoms with E-state index in [4.69, 9.17) is 0 Å². The van der Waals surface area contributed by atoms with Crippen molar-refractivity contribution in [3.8, 4) is 0 Å². The topological polar surface area (TPSA) is 33.1 Å². The van der Waals surface area contributed by atoms with Crippen LogP contribution in [0.15, 0.2) is 18.3 Å². The van der Waals surface area contributed by atoms with Gasteiger partial charge in [0.2, 0.25) is 0 Å².